The summed E-state index contributed by atoms with van der Waals surface area (Å²) in [5.74, 6) is 0.637. The summed E-state index contributed by atoms with van der Waals surface area (Å²) in [6.45, 7) is 4.19. The third-order valence-electron chi connectivity index (χ3n) is 4.52. The van der Waals surface area contributed by atoms with Crippen molar-refractivity contribution in [2.75, 3.05) is 0 Å². The molecule has 0 radical (unpaired) electrons. The Bertz CT molecular complexity index is 1160. The summed E-state index contributed by atoms with van der Waals surface area (Å²) in [7, 11) is 0. The van der Waals surface area contributed by atoms with E-state index in [9.17, 15) is 0 Å². The molecule has 0 unspecified atom stereocenters. The second kappa shape index (κ2) is 4.77. The first-order valence-electron chi connectivity index (χ1n) is 8.15. The molecule has 0 saturated heterocycles. The van der Waals surface area contributed by atoms with Gasteiger partial charge in [0.15, 0.2) is 5.42 Å². The lowest BCUT2D eigenvalue weighted by Gasteiger charge is -2.05. The maximum atomic E-state index is 6.00. The van der Waals surface area contributed by atoms with E-state index in [4.69, 9.17) is 9.40 Å². The minimum absolute atomic E-state index is 0.280. The second-order valence-corrected chi connectivity index (χ2v) is 6.44. The van der Waals surface area contributed by atoms with Crippen LogP contribution < -0.4 is 10.8 Å². The van der Waals surface area contributed by atoms with Gasteiger partial charge < -0.3 is 4.42 Å². The largest absolute Gasteiger partial charge is 0.436 e. The Kier molecular flexibility index (Phi) is 2.68. The topological polar surface area (TPSA) is 56.7 Å². The Morgan fingerprint density at radius 2 is 2.17 bits per heavy atom. The summed E-state index contributed by atoms with van der Waals surface area (Å²) in [5, 5.41) is 9.46. The zero-order chi connectivity index (χ0) is 16.3. The van der Waals surface area contributed by atoms with E-state index in [0.29, 0.717) is 5.89 Å². The molecule has 0 spiro atoms. The number of fused-ring (bicyclic) bond motifs is 3. The van der Waals surface area contributed by atoms with Crippen LogP contribution in [0.2, 0.25) is 0 Å². The van der Waals surface area contributed by atoms with E-state index in [-0.39, 0.29) is 6.04 Å². The van der Waals surface area contributed by atoms with Crippen LogP contribution in [0.5, 0.6) is 0 Å². The van der Waals surface area contributed by atoms with E-state index in [1.807, 2.05) is 22.9 Å². The molecule has 2 aromatic heterocycles. The Balaban J connectivity index is 1.64. The van der Waals surface area contributed by atoms with Gasteiger partial charge in [-0.1, -0.05) is 23.4 Å². The quantitative estimate of drug-likeness (QED) is 0.729. The molecule has 5 rings (SSSR count). The number of hydrogen-bond donors (Lipinski definition) is 0. The number of hydrogen-bond acceptors (Lipinski definition) is 4. The van der Waals surface area contributed by atoms with Crippen molar-refractivity contribution in [1.29, 1.82) is 0 Å². The summed E-state index contributed by atoms with van der Waals surface area (Å²) >= 11 is 0. The highest BCUT2D eigenvalue weighted by Crippen LogP contribution is 2.25. The maximum absolute atomic E-state index is 6.00. The summed E-state index contributed by atoms with van der Waals surface area (Å²) in [4.78, 5) is 4.73. The Labute approximate surface area is 138 Å². The van der Waals surface area contributed by atoms with E-state index in [1.54, 1.807) is 0 Å². The third-order valence-corrected chi connectivity index (χ3v) is 4.52. The summed E-state index contributed by atoms with van der Waals surface area (Å²) < 4.78 is 7.92. The predicted molar refractivity (Wildman–Crippen MR) is 92.4 cm³/mol. The lowest BCUT2D eigenvalue weighted by Crippen LogP contribution is -2.20. The Morgan fingerprint density at radius 3 is 3.04 bits per heavy atom. The van der Waals surface area contributed by atoms with Crippen molar-refractivity contribution in [3.63, 3.8) is 0 Å². The first-order chi connectivity index (χ1) is 11.7. The van der Waals surface area contributed by atoms with E-state index in [0.717, 1.165) is 33.8 Å². The zero-order valence-corrected chi connectivity index (χ0v) is 13.5. The van der Waals surface area contributed by atoms with Gasteiger partial charge in [-0.15, -0.1) is 5.10 Å². The van der Waals surface area contributed by atoms with Crippen LogP contribution in [0.15, 0.2) is 46.4 Å². The summed E-state index contributed by atoms with van der Waals surface area (Å²) in [6.07, 6.45) is 9.30. The van der Waals surface area contributed by atoms with Crippen LogP contribution in [0.1, 0.15) is 26.3 Å². The molecule has 1 aromatic carbocycles. The first-order valence-corrected chi connectivity index (χ1v) is 8.15. The second-order valence-electron chi connectivity index (χ2n) is 6.44. The van der Waals surface area contributed by atoms with Crippen molar-refractivity contribution in [3.8, 4) is 11.5 Å². The van der Waals surface area contributed by atoms with E-state index >= 15 is 0 Å². The third kappa shape index (κ3) is 1.84. The molecule has 5 heteroatoms. The summed E-state index contributed by atoms with van der Waals surface area (Å²) in [6, 6.07) is 6.32. The molecule has 0 saturated carbocycles. The van der Waals surface area contributed by atoms with Gasteiger partial charge in [0, 0.05) is 11.6 Å². The molecule has 2 aliphatic rings. The SMILES string of the molecule is CC(C)n1nnc2cc(-c3nc4c(o3)=CC3=CC=CCC=43)ccc21. The molecule has 2 heterocycles. The number of benzene rings is 1. The summed E-state index contributed by atoms with van der Waals surface area (Å²) in [5.41, 5.74) is 6.11. The van der Waals surface area contributed by atoms with Crippen molar-refractivity contribution < 1.29 is 4.42 Å². The van der Waals surface area contributed by atoms with Gasteiger partial charge >= 0.3 is 0 Å². The van der Waals surface area contributed by atoms with Gasteiger partial charge in [-0.3, -0.25) is 0 Å². The van der Waals surface area contributed by atoms with Crippen LogP contribution in [0, 0.1) is 0 Å². The highest BCUT2D eigenvalue weighted by Gasteiger charge is 2.18. The fraction of sp³-hybridized carbons (Fsp3) is 0.211. The number of aromatic nitrogens is 4. The monoisotopic (exact) mass is 316 g/mol. The standard InChI is InChI=1S/C19H16N4O/c1-11(2)23-16-8-7-13(9-15(16)21-22-23)19-20-18-14-6-4-3-5-12(14)10-17(18)24-19/h3-5,7-11H,6H2,1-2H3. The number of rotatable bonds is 2. The van der Waals surface area contributed by atoms with Crippen molar-refractivity contribution in [2.24, 2.45) is 0 Å². The van der Waals surface area contributed by atoms with Crippen LogP contribution >= 0.6 is 0 Å². The minimum Gasteiger partial charge on any atom is -0.436 e. The van der Waals surface area contributed by atoms with Crippen molar-refractivity contribution in [3.05, 3.63) is 52.8 Å². The number of allylic oxidation sites excluding steroid dienone is 4. The van der Waals surface area contributed by atoms with Gasteiger partial charge in [-0.25, -0.2) is 9.67 Å². The molecule has 5 nitrogen and oxygen atoms in total. The molecule has 0 atom stereocenters. The van der Waals surface area contributed by atoms with Gasteiger partial charge in [-0.05, 0) is 55.7 Å². The van der Waals surface area contributed by atoms with Crippen LogP contribution in [0.25, 0.3) is 34.1 Å². The molecule has 0 aliphatic heterocycles. The number of oxazole rings is 1. The van der Waals surface area contributed by atoms with Crippen LogP contribution in [-0.2, 0) is 0 Å². The van der Waals surface area contributed by atoms with Gasteiger partial charge in [0.05, 0.1) is 5.52 Å². The first kappa shape index (κ1) is 13.5. The van der Waals surface area contributed by atoms with Crippen LogP contribution in [-0.4, -0.2) is 20.0 Å². The van der Waals surface area contributed by atoms with Gasteiger partial charge in [0.25, 0.3) is 0 Å². The molecule has 0 fully saturated rings. The van der Waals surface area contributed by atoms with Gasteiger partial charge in [0.1, 0.15) is 10.9 Å². The molecular weight excluding hydrogens is 300 g/mol. The Morgan fingerprint density at radius 1 is 1.25 bits per heavy atom. The number of nitrogens with zero attached hydrogens (tertiary/aromatic N) is 4. The fourth-order valence-electron chi connectivity index (χ4n) is 3.31. The lowest BCUT2D eigenvalue weighted by molar-refractivity contribution is 0.530. The molecule has 0 amide bonds. The highest BCUT2D eigenvalue weighted by molar-refractivity contribution is 5.84. The van der Waals surface area contributed by atoms with Crippen LogP contribution in [0.3, 0.4) is 0 Å². The molecule has 0 N–H and O–H groups in total. The average Bonchev–Trinajstić information content (AvgIpc) is 3.26. The average molecular weight is 316 g/mol. The zero-order valence-electron chi connectivity index (χ0n) is 13.5. The molecule has 24 heavy (non-hydrogen) atoms. The van der Waals surface area contributed by atoms with Gasteiger partial charge in [-0.2, -0.15) is 0 Å². The van der Waals surface area contributed by atoms with Crippen LogP contribution in [0.4, 0.5) is 0 Å². The highest BCUT2D eigenvalue weighted by atomic mass is 16.3. The normalized spacial score (nSPS) is 15.6. The van der Waals surface area contributed by atoms with Gasteiger partial charge in [0.2, 0.25) is 5.89 Å². The van der Waals surface area contributed by atoms with E-state index in [2.05, 4.69) is 48.5 Å². The minimum atomic E-state index is 0.280. The van der Waals surface area contributed by atoms with Crippen molar-refractivity contribution in [2.45, 2.75) is 26.3 Å². The smallest absolute Gasteiger partial charge is 0.227 e. The van der Waals surface area contributed by atoms with E-state index < -0.39 is 0 Å². The van der Waals surface area contributed by atoms with E-state index in [1.165, 1.54) is 11.1 Å². The molecule has 2 aliphatic carbocycles. The van der Waals surface area contributed by atoms with Crippen molar-refractivity contribution >= 4 is 22.7 Å². The molecule has 118 valence electrons. The Hall–Kier alpha value is -2.95. The maximum Gasteiger partial charge on any atom is 0.227 e. The molecular formula is C19H16N4O. The van der Waals surface area contributed by atoms with Crippen molar-refractivity contribution in [1.82, 2.24) is 20.0 Å². The molecule has 0 bridgehead atoms. The fourth-order valence-corrected chi connectivity index (χ4v) is 3.31. The lowest BCUT2D eigenvalue weighted by atomic mass is 10.0. The molecule has 3 aromatic rings. The predicted octanol–water partition coefficient (Wildman–Crippen LogP) is 2.50.